The van der Waals surface area contributed by atoms with Crippen molar-refractivity contribution >= 4 is 30.6 Å². The fourth-order valence-corrected chi connectivity index (χ4v) is 2.13. The van der Waals surface area contributed by atoms with Crippen molar-refractivity contribution in [2.24, 2.45) is 0 Å². The van der Waals surface area contributed by atoms with Gasteiger partial charge in [0.1, 0.15) is 11.3 Å². The minimum atomic E-state index is -4.18. The molecule has 0 aliphatic rings. The lowest BCUT2D eigenvalue weighted by molar-refractivity contribution is 0.603. The van der Waals surface area contributed by atoms with Crippen LogP contribution in [0.2, 0.25) is 0 Å². The van der Waals surface area contributed by atoms with Crippen molar-refractivity contribution in [3.63, 3.8) is 0 Å². The van der Waals surface area contributed by atoms with Gasteiger partial charge in [0.2, 0.25) is 0 Å². The van der Waals surface area contributed by atoms with E-state index in [1.54, 1.807) is 0 Å². The maximum atomic E-state index is 13.2. The minimum absolute atomic E-state index is 0.394. The molecule has 0 unspecified atom stereocenters. The number of nitrogens with one attached hydrogen (secondary N) is 1. The van der Waals surface area contributed by atoms with Crippen LogP contribution in [0.5, 0.6) is 0 Å². The van der Waals surface area contributed by atoms with Crippen molar-refractivity contribution in [2.75, 3.05) is 0 Å². The molecule has 15 heavy (non-hydrogen) atoms. The van der Waals surface area contributed by atoms with Gasteiger partial charge >= 0.3 is 0 Å². The second-order valence-corrected chi connectivity index (χ2v) is 5.25. The Morgan fingerprint density at radius 2 is 1.87 bits per heavy atom. The molecule has 0 radical (unpaired) electrons. The van der Waals surface area contributed by atoms with E-state index in [1.807, 2.05) is 5.10 Å². The highest BCUT2D eigenvalue weighted by molar-refractivity contribution is 8.13. The average molecular weight is 253 g/mol. The van der Waals surface area contributed by atoms with Gasteiger partial charge in [0.05, 0.1) is 5.39 Å². The summed E-state index contributed by atoms with van der Waals surface area (Å²) in [5.74, 6) is -1.73. The first-order chi connectivity index (χ1) is 6.91. The second-order valence-electron chi connectivity index (χ2n) is 2.74. The number of nitrogens with zero attached hydrogens (tertiary/aromatic N) is 1. The molecule has 0 bridgehead atoms. The summed E-state index contributed by atoms with van der Waals surface area (Å²) >= 11 is 0. The van der Waals surface area contributed by atoms with Crippen molar-refractivity contribution < 1.29 is 17.2 Å². The highest BCUT2D eigenvalue weighted by Gasteiger charge is 2.22. The summed E-state index contributed by atoms with van der Waals surface area (Å²) in [4.78, 5) is 0. The number of hydrogen-bond donors (Lipinski definition) is 1. The van der Waals surface area contributed by atoms with Crippen LogP contribution in [0.4, 0.5) is 8.78 Å². The summed E-state index contributed by atoms with van der Waals surface area (Å²) in [5, 5.41) is 4.22. The fraction of sp³-hybridized carbons (Fsp3) is 0. The molecule has 1 heterocycles. The molecule has 1 aromatic carbocycles. The summed E-state index contributed by atoms with van der Waals surface area (Å²) in [6.07, 6.45) is 0. The molecule has 4 nitrogen and oxygen atoms in total. The Morgan fingerprint density at radius 1 is 1.27 bits per heavy atom. The van der Waals surface area contributed by atoms with Gasteiger partial charge in [0.25, 0.3) is 9.05 Å². The van der Waals surface area contributed by atoms with Crippen LogP contribution in [0.3, 0.4) is 0 Å². The fourth-order valence-electron chi connectivity index (χ4n) is 1.21. The van der Waals surface area contributed by atoms with E-state index < -0.39 is 36.6 Å². The van der Waals surface area contributed by atoms with Gasteiger partial charge in [0.15, 0.2) is 10.8 Å². The van der Waals surface area contributed by atoms with Gasteiger partial charge in [-0.15, -0.1) is 0 Å². The summed E-state index contributed by atoms with van der Waals surface area (Å²) < 4.78 is 48.3. The third-order valence-corrected chi connectivity index (χ3v) is 3.06. The van der Waals surface area contributed by atoms with Crippen LogP contribution in [-0.4, -0.2) is 18.6 Å². The zero-order valence-electron chi connectivity index (χ0n) is 6.96. The number of rotatable bonds is 1. The smallest absolute Gasteiger partial charge is 0.265 e. The summed E-state index contributed by atoms with van der Waals surface area (Å²) in [6.45, 7) is 0. The number of benzene rings is 1. The molecule has 1 aromatic heterocycles. The van der Waals surface area contributed by atoms with Gasteiger partial charge in [-0.2, -0.15) is 5.10 Å². The molecule has 8 heteroatoms. The van der Waals surface area contributed by atoms with E-state index in [0.29, 0.717) is 0 Å². The first-order valence-corrected chi connectivity index (χ1v) is 5.99. The third-order valence-electron chi connectivity index (χ3n) is 1.82. The van der Waals surface area contributed by atoms with Crippen molar-refractivity contribution in [3.8, 4) is 0 Å². The molecule has 0 fully saturated rings. The Bertz CT molecular complexity index is 638. The van der Waals surface area contributed by atoms with Gasteiger partial charge < -0.3 is 0 Å². The van der Waals surface area contributed by atoms with Crippen LogP contribution >= 0.6 is 10.7 Å². The molecule has 80 valence electrons. The molecule has 0 atom stereocenters. The number of aromatic amines is 1. The van der Waals surface area contributed by atoms with Crippen LogP contribution in [0.15, 0.2) is 17.2 Å². The standard InChI is InChI=1S/C7H3ClF2N2O2S/c8-15(13,14)7-5-3(9)1-2-4(10)6(5)11-12-7/h1-2H,(H,11,12). The largest absolute Gasteiger partial charge is 0.278 e. The lowest BCUT2D eigenvalue weighted by Gasteiger charge is -1.94. The highest BCUT2D eigenvalue weighted by atomic mass is 35.7. The van der Waals surface area contributed by atoms with Crippen LogP contribution < -0.4 is 0 Å². The van der Waals surface area contributed by atoms with E-state index in [-0.39, 0.29) is 0 Å². The first kappa shape index (κ1) is 10.3. The predicted molar refractivity (Wildman–Crippen MR) is 49.0 cm³/mol. The highest BCUT2D eigenvalue weighted by Crippen LogP contribution is 2.27. The molecule has 0 aliphatic heterocycles. The molecule has 1 N–H and O–H groups in total. The van der Waals surface area contributed by atoms with E-state index >= 15 is 0 Å². The van der Waals surface area contributed by atoms with Gasteiger partial charge in [-0.1, -0.05) is 0 Å². The average Bonchev–Trinajstić information content (AvgIpc) is 2.55. The van der Waals surface area contributed by atoms with E-state index in [2.05, 4.69) is 5.10 Å². The Hall–Kier alpha value is -1.21. The zero-order chi connectivity index (χ0) is 11.2. The van der Waals surface area contributed by atoms with Gasteiger partial charge in [-0.25, -0.2) is 17.2 Å². The van der Waals surface area contributed by atoms with Gasteiger partial charge in [-0.3, -0.25) is 5.10 Å². The molecule has 0 saturated carbocycles. The number of H-pyrrole nitrogens is 1. The Morgan fingerprint density at radius 3 is 2.47 bits per heavy atom. The number of fused-ring (bicyclic) bond motifs is 1. The molecular formula is C7H3ClF2N2O2S. The minimum Gasteiger partial charge on any atom is -0.265 e. The molecular weight excluding hydrogens is 250 g/mol. The maximum absolute atomic E-state index is 13.2. The van der Waals surface area contributed by atoms with Gasteiger partial charge in [0, 0.05) is 10.7 Å². The summed E-state index contributed by atoms with van der Waals surface area (Å²) in [6, 6.07) is 1.65. The Kier molecular flexibility index (Phi) is 2.16. The van der Waals surface area contributed by atoms with E-state index in [9.17, 15) is 17.2 Å². The topological polar surface area (TPSA) is 62.8 Å². The molecule has 0 saturated heterocycles. The number of aromatic nitrogens is 2. The van der Waals surface area contributed by atoms with Gasteiger partial charge in [-0.05, 0) is 12.1 Å². The first-order valence-electron chi connectivity index (χ1n) is 3.68. The van der Waals surface area contributed by atoms with Crippen LogP contribution in [0.25, 0.3) is 10.9 Å². The van der Waals surface area contributed by atoms with Crippen molar-refractivity contribution in [2.45, 2.75) is 5.03 Å². The number of hydrogen-bond acceptors (Lipinski definition) is 3. The zero-order valence-corrected chi connectivity index (χ0v) is 8.53. The molecule has 0 spiro atoms. The maximum Gasteiger partial charge on any atom is 0.278 e. The third kappa shape index (κ3) is 1.57. The quantitative estimate of drug-likeness (QED) is 0.787. The molecule has 2 rings (SSSR count). The normalized spacial score (nSPS) is 12.2. The molecule has 0 amide bonds. The number of halogens is 3. The SMILES string of the molecule is O=S(=O)(Cl)c1[nH]nc2c(F)ccc(F)c12. The van der Waals surface area contributed by atoms with E-state index in [0.717, 1.165) is 12.1 Å². The monoisotopic (exact) mass is 252 g/mol. The lowest BCUT2D eigenvalue weighted by atomic mass is 10.2. The van der Waals surface area contributed by atoms with Crippen LogP contribution in [0.1, 0.15) is 0 Å². The van der Waals surface area contributed by atoms with Crippen molar-refractivity contribution in [3.05, 3.63) is 23.8 Å². The van der Waals surface area contributed by atoms with E-state index in [4.69, 9.17) is 10.7 Å². The summed E-state index contributed by atoms with van der Waals surface area (Å²) in [7, 11) is 0.837. The van der Waals surface area contributed by atoms with Crippen LogP contribution in [0, 0.1) is 11.6 Å². The summed E-state index contributed by atoms with van der Waals surface area (Å²) in [5.41, 5.74) is -0.394. The van der Waals surface area contributed by atoms with Crippen LogP contribution in [-0.2, 0) is 9.05 Å². The van der Waals surface area contributed by atoms with Crippen molar-refractivity contribution in [1.29, 1.82) is 0 Å². The Balaban J connectivity index is 2.98. The lowest BCUT2D eigenvalue weighted by Crippen LogP contribution is -1.93. The van der Waals surface area contributed by atoms with Crippen molar-refractivity contribution in [1.82, 2.24) is 10.2 Å². The predicted octanol–water partition coefficient (Wildman–Crippen LogP) is 1.77. The molecule has 2 aromatic rings. The second kappa shape index (κ2) is 3.14. The molecule has 0 aliphatic carbocycles. The van der Waals surface area contributed by atoms with E-state index in [1.165, 1.54) is 0 Å². The Labute approximate surface area is 87.3 Å².